The number of carbonyl (C=O) groups is 1. The second kappa shape index (κ2) is 7.30. The summed E-state index contributed by atoms with van der Waals surface area (Å²) in [4.78, 5) is 29.8. The number of hydrogen-bond donors (Lipinski definition) is 3. The van der Waals surface area contributed by atoms with Crippen LogP contribution >= 0.6 is 11.6 Å². The minimum atomic E-state index is -3.12. The van der Waals surface area contributed by atoms with Gasteiger partial charge in [-0.05, 0) is 42.8 Å². The Kier molecular flexibility index (Phi) is 4.67. The van der Waals surface area contributed by atoms with E-state index in [0.29, 0.717) is 39.5 Å². The van der Waals surface area contributed by atoms with Gasteiger partial charge in [0.25, 0.3) is 5.92 Å². The molecular weight excluding hydrogens is 440 g/mol. The van der Waals surface area contributed by atoms with Gasteiger partial charge in [0.2, 0.25) is 5.91 Å². The molecule has 2 unspecified atom stereocenters. The number of halogens is 3. The van der Waals surface area contributed by atoms with Gasteiger partial charge < -0.3 is 15.3 Å². The van der Waals surface area contributed by atoms with E-state index in [1.54, 1.807) is 42.5 Å². The maximum atomic E-state index is 14.0. The van der Waals surface area contributed by atoms with Crippen LogP contribution in [0.4, 0.5) is 14.5 Å². The van der Waals surface area contributed by atoms with Gasteiger partial charge in [-0.25, -0.2) is 9.48 Å². The lowest BCUT2D eigenvalue weighted by Gasteiger charge is -2.09. The fraction of sp³-hybridized carbons (Fsp3) is 0.227. The summed E-state index contributed by atoms with van der Waals surface area (Å²) in [6, 6.07) is 13.2. The number of anilines is 1. The molecule has 1 amide bonds. The van der Waals surface area contributed by atoms with E-state index in [4.69, 9.17) is 11.6 Å². The summed E-state index contributed by atoms with van der Waals surface area (Å²) in [5.41, 5.74) is 1.88. The number of aromatic amines is 2. The molecule has 0 aliphatic heterocycles. The summed E-state index contributed by atoms with van der Waals surface area (Å²) in [5.74, 6) is -4.07. The first-order valence-electron chi connectivity index (χ1n) is 9.97. The van der Waals surface area contributed by atoms with Crippen LogP contribution in [0.5, 0.6) is 0 Å². The van der Waals surface area contributed by atoms with Crippen LogP contribution < -0.4 is 11.0 Å². The average molecular weight is 458 g/mol. The summed E-state index contributed by atoms with van der Waals surface area (Å²) in [5, 5.41) is 7.40. The van der Waals surface area contributed by atoms with Crippen molar-refractivity contribution >= 4 is 34.2 Å². The number of carbonyl (C=O) groups excluding carboxylic acids is 1. The molecule has 7 nitrogen and oxygen atoms in total. The summed E-state index contributed by atoms with van der Waals surface area (Å²) in [6.07, 6.45) is 0.493. The molecule has 0 spiro atoms. The molecule has 0 radical (unpaired) electrons. The SMILES string of the molecule is CC(F)(F)c1cc(C2CC2C(=O)Nc2cccc3[nH]c(=O)[nH]c23)n(-c2cccc(Cl)c2)n1. The van der Waals surface area contributed by atoms with E-state index in [2.05, 4.69) is 20.4 Å². The van der Waals surface area contributed by atoms with E-state index in [9.17, 15) is 18.4 Å². The van der Waals surface area contributed by atoms with Crippen molar-refractivity contribution < 1.29 is 13.6 Å². The third-order valence-corrected chi connectivity index (χ3v) is 5.79. The quantitative estimate of drug-likeness (QED) is 0.410. The Labute approximate surface area is 185 Å². The number of imidazole rings is 1. The third-order valence-electron chi connectivity index (χ3n) is 5.56. The number of nitrogens with zero attached hydrogens (tertiary/aromatic N) is 2. The second-order valence-corrected chi connectivity index (χ2v) is 8.42. The maximum Gasteiger partial charge on any atom is 0.323 e. The topological polar surface area (TPSA) is 95.6 Å². The predicted molar refractivity (Wildman–Crippen MR) is 117 cm³/mol. The highest BCUT2D eigenvalue weighted by molar-refractivity contribution is 6.30. The van der Waals surface area contributed by atoms with Crippen LogP contribution in [0.3, 0.4) is 0 Å². The molecule has 0 saturated heterocycles. The highest BCUT2D eigenvalue weighted by Gasteiger charge is 2.47. The normalized spacial score (nSPS) is 18.1. The largest absolute Gasteiger partial charge is 0.324 e. The molecule has 32 heavy (non-hydrogen) atoms. The number of H-pyrrole nitrogens is 2. The molecule has 2 atom stereocenters. The van der Waals surface area contributed by atoms with Gasteiger partial charge in [0, 0.05) is 29.5 Å². The number of para-hydroxylation sites is 1. The van der Waals surface area contributed by atoms with Gasteiger partial charge in [-0.3, -0.25) is 4.79 Å². The standard InChI is InChI=1S/C22H18ClF2N5O2/c1-22(24,25)18-10-17(30(29-18)12-5-2-4-11(23)8-12)13-9-14(13)20(31)26-15-6-3-7-16-19(15)28-21(32)27-16/h2-8,10,13-14H,9H2,1H3,(H,26,31)(H2,27,28,32). The van der Waals surface area contributed by atoms with E-state index < -0.39 is 11.8 Å². The highest BCUT2D eigenvalue weighted by atomic mass is 35.5. The molecule has 3 N–H and O–H groups in total. The van der Waals surface area contributed by atoms with E-state index in [1.807, 2.05) is 0 Å². The van der Waals surface area contributed by atoms with Crippen LogP contribution in [-0.4, -0.2) is 25.7 Å². The van der Waals surface area contributed by atoms with Crippen LogP contribution in [0, 0.1) is 5.92 Å². The molecule has 5 rings (SSSR count). The fourth-order valence-corrected chi connectivity index (χ4v) is 4.07. The highest BCUT2D eigenvalue weighted by Crippen LogP contribution is 2.49. The Bertz CT molecular complexity index is 1400. The van der Waals surface area contributed by atoms with Gasteiger partial charge in [0.15, 0.2) is 0 Å². The van der Waals surface area contributed by atoms with Gasteiger partial charge in [-0.15, -0.1) is 0 Å². The summed E-state index contributed by atoms with van der Waals surface area (Å²) < 4.78 is 29.4. The van der Waals surface area contributed by atoms with E-state index >= 15 is 0 Å². The Morgan fingerprint density at radius 2 is 2.00 bits per heavy atom. The lowest BCUT2D eigenvalue weighted by atomic mass is 10.1. The Hall–Kier alpha value is -3.46. The number of hydrogen-bond acceptors (Lipinski definition) is 3. The third kappa shape index (κ3) is 3.69. The Morgan fingerprint density at radius 3 is 2.75 bits per heavy atom. The van der Waals surface area contributed by atoms with Crippen molar-refractivity contribution in [2.24, 2.45) is 5.92 Å². The van der Waals surface area contributed by atoms with Crippen molar-refractivity contribution in [2.45, 2.75) is 25.2 Å². The number of fused-ring (bicyclic) bond motifs is 1. The molecule has 1 aliphatic rings. The fourth-order valence-electron chi connectivity index (χ4n) is 3.89. The van der Waals surface area contributed by atoms with Crippen molar-refractivity contribution in [1.82, 2.24) is 19.7 Å². The zero-order valence-corrected chi connectivity index (χ0v) is 17.6. The van der Waals surface area contributed by atoms with Gasteiger partial charge in [-0.2, -0.15) is 13.9 Å². The first-order chi connectivity index (χ1) is 15.2. The van der Waals surface area contributed by atoms with Gasteiger partial charge >= 0.3 is 5.69 Å². The minimum Gasteiger partial charge on any atom is -0.324 e. The molecule has 1 fully saturated rings. The molecular formula is C22H18ClF2N5O2. The lowest BCUT2D eigenvalue weighted by Crippen LogP contribution is -2.15. The Morgan fingerprint density at radius 1 is 1.22 bits per heavy atom. The molecule has 2 aromatic heterocycles. The molecule has 1 aliphatic carbocycles. The van der Waals surface area contributed by atoms with Gasteiger partial charge in [0.05, 0.1) is 22.4 Å². The van der Waals surface area contributed by atoms with Crippen LogP contribution in [0.25, 0.3) is 16.7 Å². The number of alkyl halides is 2. The van der Waals surface area contributed by atoms with Crippen LogP contribution in [0.1, 0.15) is 30.7 Å². The summed E-state index contributed by atoms with van der Waals surface area (Å²) in [7, 11) is 0. The van der Waals surface area contributed by atoms with Crippen molar-refractivity contribution in [2.75, 3.05) is 5.32 Å². The Balaban J connectivity index is 1.44. The molecule has 4 aromatic rings. The predicted octanol–water partition coefficient (Wildman–Crippen LogP) is 4.55. The van der Waals surface area contributed by atoms with Gasteiger partial charge in [0.1, 0.15) is 5.69 Å². The van der Waals surface area contributed by atoms with Crippen molar-refractivity contribution in [3.8, 4) is 5.69 Å². The number of amides is 1. The molecule has 164 valence electrons. The zero-order chi connectivity index (χ0) is 22.6. The number of aromatic nitrogens is 4. The van der Waals surface area contributed by atoms with Crippen molar-refractivity contribution in [3.63, 3.8) is 0 Å². The molecule has 0 bridgehead atoms. The average Bonchev–Trinajstić information content (AvgIpc) is 3.21. The van der Waals surface area contributed by atoms with E-state index in [0.717, 1.165) is 6.92 Å². The smallest absolute Gasteiger partial charge is 0.323 e. The number of rotatable bonds is 5. The van der Waals surface area contributed by atoms with Crippen molar-refractivity contribution in [3.05, 3.63) is 75.4 Å². The van der Waals surface area contributed by atoms with E-state index in [-0.39, 0.29) is 23.2 Å². The number of nitrogens with one attached hydrogen (secondary N) is 3. The zero-order valence-electron chi connectivity index (χ0n) is 16.8. The van der Waals surface area contributed by atoms with Crippen molar-refractivity contribution in [1.29, 1.82) is 0 Å². The first-order valence-corrected chi connectivity index (χ1v) is 10.3. The van der Waals surface area contributed by atoms with E-state index in [1.165, 1.54) is 10.7 Å². The summed E-state index contributed by atoms with van der Waals surface area (Å²) in [6.45, 7) is 0.789. The molecule has 1 saturated carbocycles. The molecule has 2 aromatic carbocycles. The molecule has 10 heteroatoms. The van der Waals surface area contributed by atoms with Crippen LogP contribution in [0.15, 0.2) is 53.3 Å². The minimum absolute atomic E-state index is 0.256. The lowest BCUT2D eigenvalue weighted by molar-refractivity contribution is -0.117. The maximum absolute atomic E-state index is 14.0. The monoisotopic (exact) mass is 457 g/mol. The van der Waals surface area contributed by atoms with Crippen LogP contribution in [-0.2, 0) is 10.7 Å². The van der Waals surface area contributed by atoms with Gasteiger partial charge in [-0.1, -0.05) is 23.7 Å². The number of benzene rings is 2. The first kappa shape index (κ1) is 20.4. The second-order valence-electron chi connectivity index (χ2n) is 7.98. The molecule has 2 heterocycles. The van der Waals surface area contributed by atoms with Crippen LogP contribution in [0.2, 0.25) is 5.02 Å². The summed E-state index contributed by atoms with van der Waals surface area (Å²) >= 11 is 6.08.